The molecular formula is C12H17N3O3S. The molecule has 0 unspecified atom stereocenters. The van der Waals surface area contributed by atoms with Crippen molar-refractivity contribution in [3.63, 3.8) is 0 Å². The highest BCUT2D eigenvalue weighted by Gasteiger charge is 2.23. The van der Waals surface area contributed by atoms with Crippen LogP contribution in [0.1, 0.15) is 19.8 Å². The number of sulfonamides is 1. The standard InChI is InChI=1S/C12H17N3O3S/c1-2-19(17,18)15-11-7-5-10(6-8-11)14-12(16)13-9-3-4-9/h5-9,15H,2-4H2,1H3,(H2,13,14,16). The lowest BCUT2D eigenvalue weighted by Crippen LogP contribution is -2.30. The average Bonchev–Trinajstić information content (AvgIpc) is 3.15. The topological polar surface area (TPSA) is 87.3 Å². The van der Waals surface area contributed by atoms with Crippen LogP contribution in [-0.2, 0) is 10.0 Å². The van der Waals surface area contributed by atoms with E-state index in [1.54, 1.807) is 31.2 Å². The second-order valence-corrected chi connectivity index (χ2v) is 6.47. The van der Waals surface area contributed by atoms with Crippen LogP contribution in [0.3, 0.4) is 0 Å². The van der Waals surface area contributed by atoms with Gasteiger partial charge in [-0.05, 0) is 44.0 Å². The van der Waals surface area contributed by atoms with Crippen molar-refractivity contribution in [3.8, 4) is 0 Å². The van der Waals surface area contributed by atoms with Crippen molar-refractivity contribution < 1.29 is 13.2 Å². The molecule has 0 atom stereocenters. The van der Waals surface area contributed by atoms with Crippen LogP contribution in [0.4, 0.5) is 16.2 Å². The Morgan fingerprint density at radius 2 is 1.79 bits per heavy atom. The summed E-state index contributed by atoms with van der Waals surface area (Å²) < 4.78 is 25.2. The molecule has 2 amide bonds. The summed E-state index contributed by atoms with van der Waals surface area (Å²) in [5.74, 6) is 0.0246. The number of anilines is 2. The Labute approximate surface area is 112 Å². The highest BCUT2D eigenvalue weighted by Crippen LogP contribution is 2.19. The summed E-state index contributed by atoms with van der Waals surface area (Å²) in [4.78, 5) is 11.5. The van der Waals surface area contributed by atoms with Crippen molar-refractivity contribution in [2.45, 2.75) is 25.8 Å². The van der Waals surface area contributed by atoms with Gasteiger partial charge in [0, 0.05) is 17.4 Å². The first-order valence-electron chi connectivity index (χ1n) is 6.16. The predicted molar refractivity (Wildman–Crippen MR) is 74.7 cm³/mol. The molecule has 19 heavy (non-hydrogen) atoms. The Bertz CT molecular complexity index is 550. The van der Waals surface area contributed by atoms with Crippen LogP contribution in [0.25, 0.3) is 0 Å². The second kappa shape index (κ2) is 5.48. The van der Waals surface area contributed by atoms with E-state index in [0.717, 1.165) is 12.8 Å². The third-order valence-electron chi connectivity index (χ3n) is 2.71. The number of hydrogen-bond acceptors (Lipinski definition) is 3. The van der Waals surface area contributed by atoms with Crippen molar-refractivity contribution >= 4 is 27.4 Å². The van der Waals surface area contributed by atoms with Gasteiger partial charge < -0.3 is 10.6 Å². The lowest BCUT2D eigenvalue weighted by atomic mass is 10.3. The molecule has 0 aliphatic heterocycles. The third kappa shape index (κ3) is 4.44. The molecule has 0 heterocycles. The molecule has 0 bridgehead atoms. The molecular weight excluding hydrogens is 266 g/mol. The summed E-state index contributed by atoms with van der Waals surface area (Å²) in [6.07, 6.45) is 2.07. The normalized spacial score (nSPS) is 14.8. The fourth-order valence-corrected chi connectivity index (χ4v) is 2.09. The van der Waals surface area contributed by atoms with Gasteiger partial charge in [0.15, 0.2) is 0 Å². The fraction of sp³-hybridized carbons (Fsp3) is 0.417. The van der Waals surface area contributed by atoms with Crippen LogP contribution in [0.5, 0.6) is 0 Å². The molecule has 1 aromatic carbocycles. The van der Waals surface area contributed by atoms with Gasteiger partial charge in [0.1, 0.15) is 0 Å². The number of urea groups is 1. The number of hydrogen-bond donors (Lipinski definition) is 3. The first-order chi connectivity index (χ1) is 8.98. The Balaban J connectivity index is 1.92. The Hall–Kier alpha value is -1.76. The molecule has 104 valence electrons. The van der Waals surface area contributed by atoms with Crippen LogP contribution >= 0.6 is 0 Å². The van der Waals surface area contributed by atoms with Crippen LogP contribution in [-0.4, -0.2) is 26.2 Å². The maximum atomic E-state index is 11.5. The molecule has 1 saturated carbocycles. The molecule has 7 heteroatoms. The van der Waals surface area contributed by atoms with Crippen LogP contribution in [0, 0.1) is 0 Å². The van der Waals surface area contributed by atoms with E-state index < -0.39 is 10.0 Å². The number of nitrogens with one attached hydrogen (secondary N) is 3. The van der Waals surface area contributed by atoms with Crippen molar-refractivity contribution in [2.75, 3.05) is 15.8 Å². The van der Waals surface area contributed by atoms with Gasteiger partial charge in [-0.15, -0.1) is 0 Å². The molecule has 0 aromatic heterocycles. The van der Waals surface area contributed by atoms with Crippen molar-refractivity contribution in [2.24, 2.45) is 0 Å². The third-order valence-corrected chi connectivity index (χ3v) is 4.02. The first kappa shape index (κ1) is 13.7. The van der Waals surface area contributed by atoms with Gasteiger partial charge >= 0.3 is 6.03 Å². The molecule has 1 fully saturated rings. The molecule has 1 aliphatic carbocycles. The Kier molecular flexibility index (Phi) is 3.94. The van der Waals surface area contributed by atoms with Crippen molar-refractivity contribution in [1.82, 2.24) is 5.32 Å². The van der Waals surface area contributed by atoms with E-state index in [1.807, 2.05) is 0 Å². The average molecular weight is 283 g/mol. The second-order valence-electron chi connectivity index (χ2n) is 4.46. The van der Waals surface area contributed by atoms with E-state index in [2.05, 4.69) is 15.4 Å². The largest absolute Gasteiger partial charge is 0.335 e. The lowest BCUT2D eigenvalue weighted by molar-refractivity contribution is 0.251. The first-order valence-corrected chi connectivity index (χ1v) is 7.82. The van der Waals surface area contributed by atoms with Crippen molar-refractivity contribution in [3.05, 3.63) is 24.3 Å². The number of benzene rings is 1. The van der Waals surface area contributed by atoms with Gasteiger partial charge in [0.25, 0.3) is 0 Å². The Morgan fingerprint density at radius 1 is 1.21 bits per heavy atom. The number of carbonyl (C=O) groups is 1. The van der Waals surface area contributed by atoms with Gasteiger partial charge in [-0.1, -0.05) is 0 Å². The summed E-state index contributed by atoms with van der Waals surface area (Å²) in [5, 5.41) is 5.49. The highest BCUT2D eigenvalue weighted by atomic mass is 32.2. The van der Waals surface area contributed by atoms with Crippen LogP contribution in [0.15, 0.2) is 24.3 Å². The van der Waals surface area contributed by atoms with Gasteiger partial charge in [-0.2, -0.15) is 0 Å². The molecule has 0 spiro atoms. The van der Waals surface area contributed by atoms with E-state index in [1.165, 1.54) is 0 Å². The van der Waals surface area contributed by atoms with Crippen molar-refractivity contribution in [1.29, 1.82) is 0 Å². The summed E-state index contributed by atoms with van der Waals surface area (Å²) in [7, 11) is -3.27. The van der Waals surface area contributed by atoms with Gasteiger partial charge in [0.2, 0.25) is 10.0 Å². The van der Waals surface area contributed by atoms with Crippen LogP contribution < -0.4 is 15.4 Å². The van der Waals surface area contributed by atoms with E-state index in [-0.39, 0.29) is 11.8 Å². The van der Waals surface area contributed by atoms with E-state index in [4.69, 9.17) is 0 Å². The summed E-state index contributed by atoms with van der Waals surface area (Å²) in [6.45, 7) is 1.57. The highest BCUT2D eigenvalue weighted by molar-refractivity contribution is 7.92. The minimum absolute atomic E-state index is 0.0246. The van der Waals surface area contributed by atoms with E-state index >= 15 is 0 Å². The minimum atomic E-state index is -3.27. The smallest absolute Gasteiger partial charge is 0.319 e. The molecule has 0 radical (unpaired) electrons. The number of amides is 2. The van der Waals surface area contributed by atoms with Gasteiger partial charge in [0.05, 0.1) is 5.75 Å². The van der Waals surface area contributed by atoms with E-state index in [9.17, 15) is 13.2 Å². The summed E-state index contributed by atoms with van der Waals surface area (Å²) in [6, 6.07) is 6.60. The summed E-state index contributed by atoms with van der Waals surface area (Å²) in [5.41, 5.74) is 1.10. The quantitative estimate of drug-likeness (QED) is 0.769. The van der Waals surface area contributed by atoms with Crippen LogP contribution in [0.2, 0.25) is 0 Å². The zero-order valence-corrected chi connectivity index (χ0v) is 11.5. The monoisotopic (exact) mass is 283 g/mol. The maximum Gasteiger partial charge on any atom is 0.319 e. The molecule has 6 nitrogen and oxygen atoms in total. The van der Waals surface area contributed by atoms with Gasteiger partial charge in [-0.3, -0.25) is 4.72 Å². The molecule has 1 aromatic rings. The fourth-order valence-electron chi connectivity index (χ4n) is 1.45. The zero-order valence-electron chi connectivity index (χ0n) is 10.6. The number of rotatable bonds is 5. The molecule has 2 rings (SSSR count). The van der Waals surface area contributed by atoms with Gasteiger partial charge in [-0.25, -0.2) is 13.2 Å². The predicted octanol–water partition coefficient (Wildman–Crippen LogP) is 1.73. The Morgan fingerprint density at radius 3 is 2.32 bits per heavy atom. The molecule has 3 N–H and O–H groups in total. The molecule has 0 saturated heterocycles. The van der Waals surface area contributed by atoms with E-state index in [0.29, 0.717) is 17.4 Å². The zero-order chi connectivity index (χ0) is 13.9. The minimum Gasteiger partial charge on any atom is -0.335 e. The summed E-state index contributed by atoms with van der Waals surface area (Å²) >= 11 is 0. The lowest BCUT2D eigenvalue weighted by Gasteiger charge is -2.09. The molecule has 1 aliphatic rings. The maximum absolute atomic E-state index is 11.5. The number of carbonyl (C=O) groups excluding carboxylic acids is 1. The SMILES string of the molecule is CCS(=O)(=O)Nc1ccc(NC(=O)NC2CC2)cc1.